The molecule has 0 bridgehead atoms. The van der Waals surface area contributed by atoms with Gasteiger partial charge in [-0.15, -0.1) is 0 Å². The molecule has 1 atom stereocenters. The van der Waals surface area contributed by atoms with E-state index in [4.69, 9.17) is 18.4 Å². The number of rotatable bonds is 8. The van der Waals surface area contributed by atoms with E-state index in [2.05, 4.69) is 12.9 Å². The molecule has 0 N–H and O–H groups in total. The quantitative estimate of drug-likeness (QED) is 0.288. The Bertz CT molecular complexity index is 1170. The monoisotopic (exact) mass is 511 g/mol. The van der Waals surface area contributed by atoms with Crippen LogP contribution in [0.15, 0.2) is 48.1 Å². The van der Waals surface area contributed by atoms with Crippen LogP contribution in [0.25, 0.3) is 6.08 Å². The molecule has 2 aliphatic rings. The Balaban J connectivity index is 1.90. The number of carbonyl (C=O) groups is 2. The van der Waals surface area contributed by atoms with Crippen molar-refractivity contribution in [1.29, 1.82) is 5.26 Å². The zero-order valence-electron chi connectivity index (χ0n) is 21.6. The normalized spacial score (nSPS) is 23.5. The van der Waals surface area contributed by atoms with Gasteiger partial charge >= 0.3 is 0 Å². The van der Waals surface area contributed by atoms with E-state index in [0.717, 1.165) is 5.56 Å². The van der Waals surface area contributed by atoms with Crippen molar-refractivity contribution in [1.82, 2.24) is 0 Å². The third-order valence-electron chi connectivity index (χ3n) is 6.88. The average molecular weight is 512 g/mol. The summed E-state index contributed by atoms with van der Waals surface area (Å²) < 4.78 is 22.4. The Morgan fingerprint density at radius 1 is 1.17 bits per heavy atom. The molecular formula is C28H33NO6S. The van der Waals surface area contributed by atoms with Crippen LogP contribution in [0.3, 0.4) is 0 Å². The SMILES string of the molecule is COc1cc(/C=C/C2(C(C)(C)C(=O)/C=C/[C@@]3(C)C=C(C#N)C(=O)C(C)(C)C3)OCCO2)ccc1OS. The number of ketones is 2. The molecule has 8 heteroatoms. The third-order valence-corrected chi connectivity index (χ3v) is 7.07. The maximum absolute atomic E-state index is 13.5. The van der Waals surface area contributed by atoms with Crippen LogP contribution in [-0.2, 0) is 19.1 Å². The number of thiol groups is 1. The lowest BCUT2D eigenvalue weighted by molar-refractivity contribution is -0.191. The zero-order valence-corrected chi connectivity index (χ0v) is 22.5. The minimum atomic E-state index is -1.28. The van der Waals surface area contributed by atoms with Gasteiger partial charge in [0, 0.05) is 23.7 Å². The number of hydrogen-bond donors (Lipinski definition) is 1. The number of allylic oxidation sites excluding steroid dienone is 4. The molecular weight excluding hydrogens is 478 g/mol. The van der Waals surface area contributed by atoms with Crippen LogP contribution in [0, 0.1) is 27.6 Å². The van der Waals surface area contributed by atoms with Crippen LogP contribution in [0.1, 0.15) is 46.6 Å². The molecule has 0 unspecified atom stereocenters. The molecule has 36 heavy (non-hydrogen) atoms. The van der Waals surface area contributed by atoms with Crippen molar-refractivity contribution in [3.8, 4) is 17.6 Å². The Kier molecular flexibility index (Phi) is 7.89. The highest BCUT2D eigenvalue weighted by Gasteiger charge is 2.52. The zero-order chi connectivity index (χ0) is 26.8. The van der Waals surface area contributed by atoms with Crippen molar-refractivity contribution in [3.63, 3.8) is 0 Å². The van der Waals surface area contributed by atoms with Gasteiger partial charge in [-0.2, -0.15) is 5.26 Å². The maximum Gasteiger partial charge on any atom is 0.200 e. The van der Waals surface area contributed by atoms with Gasteiger partial charge in [0.05, 0.1) is 31.3 Å². The minimum Gasteiger partial charge on any atom is -0.493 e. The molecule has 0 radical (unpaired) electrons. The van der Waals surface area contributed by atoms with Gasteiger partial charge in [0.1, 0.15) is 6.07 Å². The average Bonchev–Trinajstić information content (AvgIpc) is 3.34. The van der Waals surface area contributed by atoms with E-state index in [-0.39, 0.29) is 17.1 Å². The second-order valence-corrected chi connectivity index (χ2v) is 10.8. The highest BCUT2D eigenvalue weighted by molar-refractivity contribution is 7.75. The van der Waals surface area contributed by atoms with Gasteiger partial charge in [0.15, 0.2) is 23.1 Å². The number of carbonyl (C=O) groups excluding carboxylic acids is 2. The van der Waals surface area contributed by atoms with E-state index >= 15 is 0 Å². The second-order valence-electron chi connectivity index (χ2n) is 10.6. The third kappa shape index (κ3) is 5.29. The van der Waals surface area contributed by atoms with Crippen molar-refractivity contribution in [3.05, 3.63) is 53.6 Å². The number of Topliss-reactive ketones (excluding diaryl/α,β-unsaturated/α-hetero) is 1. The highest BCUT2D eigenvalue weighted by atomic mass is 32.1. The number of nitriles is 1. The van der Waals surface area contributed by atoms with Crippen molar-refractivity contribution < 1.29 is 28.0 Å². The predicted octanol–water partition coefficient (Wildman–Crippen LogP) is 5.28. The summed E-state index contributed by atoms with van der Waals surface area (Å²) in [5, 5.41) is 9.44. The van der Waals surface area contributed by atoms with E-state index in [1.54, 1.807) is 44.2 Å². The molecule has 0 amide bonds. The first-order valence-electron chi connectivity index (χ1n) is 11.7. The second kappa shape index (κ2) is 10.3. The summed E-state index contributed by atoms with van der Waals surface area (Å²) in [4.78, 5) is 26.0. The molecule has 0 aromatic heterocycles. The van der Waals surface area contributed by atoms with Gasteiger partial charge in [-0.25, -0.2) is 0 Å². The summed E-state index contributed by atoms with van der Waals surface area (Å²) in [5.41, 5.74) is -1.48. The van der Waals surface area contributed by atoms with Crippen molar-refractivity contribution in [2.24, 2.45) is 16.2 Å². The summed E-state index contributed by atoms with van der Waals surface area (Å²) in [5.74, 6) is -0.661. The van der Waals surface area contributed by atoms with Crippen LogP contribution < -0.4 is 8.92 Å². The van der Waals surface area contributed by atoms with E-state index in [9.17, 15) is 14.9 Å². The van der Waals surface area contributed by atoms with Gasteiger partial charge < -0.3 is 18.4 Å². The summed E-state index contributed by atoms with van der Waals surface area (Å²) >= 11 is 3.84. The van der Waals surface area contributed by atoms with E-state index in [1.807, 2.05) is 39.0 Å². The molecule has 3 rings (SSSR count). The number of nitrogens with zero attached hydrogens (tertiary/aromatic N) is 1. The molecule has 1 heterocycles. The maximum atomic E-state index is 13.5. The molecule has 1 aromatic rings. The molecule has 1 saturated heterocycles. The summed E-state index contributed by atoms with van der Waals surface area (Å²) in [6, 6.07) is 7.34. The molecule has 7 nitrogen and oxygen atoms in total. The largest absolute Gasteiger partial charge is 0.493 e. The lowest BCUT2D eigenvalue weighted by atomic mass is 9.65. The predicted molar refractivity (Wildman–Crippen MR) is 139 cm³/mol. The lowest BCUT2D eigenvalue weighted by Gasteiger charge is -2.39. The van der Waals surface area contributed by atoms with Crippen molar-refractivity contribution in [2.45, 2.75) is 46.8 Å². The molecule has 0 spiro atoms. The highest BCUT2D eigenvalue weighted by Crippen LogP contribution is 2.45. The lowest BCUT2D eigenvalue weighted by Crippen LogP contribution is -2.48. The molecule has 1 aliphatic heterocycles. The number of methoxy groups -OCH3 is 1. The fourth-order valence-electron chi connectivity index (χ4n) is 4.84. The first kappa shape index (κ1) is 27.7. The first-order valence-corrected chi connectivity index (χ1v) is 12.1. The molecule has 1 aromatic carbocycles. The van der Waals surface area contributed by atoms with E-state index in [0.29, 0.717) is 31.1 Å². The minimum absolute atomic E-state index is 0.122. The summed E-state index contributed by atoms with van der Waals surface area (Å²) in [6.45, 7) is 9.81. The molecule has 1 fully saturated rings. The topological polar surface area (TPSA) is 94.9 Å². The fourth-order valence-corrected chi connectivity index (χ4v) is 4.99. The Labute approximate surface area is 218 Å². The van der Waals surface area contributed by atoms with Crippen LogP contribution in [0.4, 0.5) is 0 Å². The van der Waals surface area contributed by atoms with Crippen molar-refractivity contribution >= 4 is 30.6 Å². The molecule has 0 saturated carbocycles. The van der Waals surface area contributed by atoms with Gasteiger partial charge in [0.2, 0.25) is 5.79 Å². The number of hydrogen-bond acceptors (Lipinski definition) is 8. The van der Waals surface area contributed by atoms with Crippen LogP contribution in [-0.4, -0.2) is 37.7 Å². The smallest absolute Gasteiger partial charge is 0.200 e. The van der Waals surface area contributed by atoms with Crippen LogP contribution >= 0.6 is 12.9 Å². The Morgan fingerprint density at radius 3 is 2.42 bits per heavy atom. The van der Waals surface area contributed by atoms with Crippen molar-refractivity contribution in [2.75, 3.05) is 20.3 Å². The Morgan fingerprint density at radius 2 is 1.83 bits per heavy atom. The fraction of sp³-hybridized carbons (Fsp3) is 0.464. The number of benzene rings is 1. The number of ether oxygens (including phenoxy) is 3. The van der Waals surface area contributed by atoms with E-state index in [1.165, 1.54) is 13.2 Å². The van der Waals surface area contributed by atoms with Gasteiger partial charge in [0.25, 0.3) is 0 Å². The van der Waals surface area contributed by atoms with Crippen LogP contribution in [0.2, 0.25) is 0 Å². The van der Waals surface area contributed by atoms with E-state index < -0.39 is 22.0 Å². The van der Waals surface area contributed by atoms with Gasteiger partial charge in [-0.1, -0.05) is 45.1 Å². The molecule has 1 aliphatic carbocycles. The van der Waals surface area contributed by atoms with Gasteiger partial charge in [-0.05, 0) is 50.1 Å². The summed E-state index contributed by atoms with van der Waals surface area (Å²) in [6.07, 6.45) is 8.99. The molecule has 192 valence electrons. The summed E-state index contributed by atoms with van der Waals surface area (Å²) in [7, 11) is 1.54. The van der Waals surface area contributed by atoms with Crippen LogP contribution in [0.5, 0.6) is 11.5 Å². The Hall–Kier alpha value is -2.86. The first-order chi connectivity index (χ1) is 16.8. The van der Waals surface area contributed by atoms with Gasteiger partial charge in [-0.3, -0.25) is 9.59 Å². The standard InChI is InChI=1S/C28H33NO6S/c1-25(2)18-27(5,16-20(17-29)24(25)31)11-10-23(30)26(3,4)28(33-13-14-34-28)12-9-19-7-8-21(35-36)22(15-19)32-6/h7-12,15-16,36H,13-14,18H2,1-6H3/b11-10+,12-9+/t27-/m0/s1.